The average Bonchev–Trinajstić information content (AvgIpc) is 3.31. The number of aromatic nitrogens is 1. The number of carbonyl (C=O) groups is 2. The third-order valence-corrected chi connectivity index (χ3v) is 5.95. The van der Waals surface area contributed by atoms with Crippen LogP contribution in [0.4, 0.5) is 5.82 Å². The maximum atomic E-state index is 12.5. The van der Waals surface area contributed by atoms with E-state index in [1.54, 1.807) is 11.2 Å². The number of carbonyl (C=O) groups excluding carboxylic acids is 2. The van der Waals surface area contributed by atoms with Crippen molar-refractivity contribution in [1.82, 2.24) is 15.2 Å². The van der Waals surface area contributed by atoms with Crippen molar-refractivity contribution in [3.63, 3.8) is 0 Å². The summed E-state index contributed by atoms with van der Waals surface area (Å²) in [5.74, 6) is 0.0846. The molecule has 2 amide bonds. The number of pyridine rings is 1. The predicted molar refractivity (Wildman–Crippen MR) is 121 cm³/mol. The molecule has 0 saturated carbocycles. The van der Waals surface area contributed by atoms with Crippen LogP contribution in [0.1, 0.15) is 44.4 Å². The van der Waals surface area contributed by atoms with E-state index in [1.807, 2.05) is 44.7 Å². The number of hydrogen-bond donors (Lipinski definition) is 1. The highest BCUT2D eigenvalue weighted by Gasteiger charge is 2.35. The second kappa shape index (κ2) is 8.87. The zero-order valence-corrected chi connectivity index (χ0v) is 19.5. The molecule has 1 fully saturated rings. The van der Waals surface area contributed by atoms with Gasteiger partial charge in [-0.2, -0.15) is 5.26 Å². The van der Waals surface area contributed by atoms with Gasteiger partial charge in [-0.1, -0.05) is 0 Å². The highest BCUT2D eigenvalue weighted by molar-refractivity contribution is 6.35. The molecule has 9 nitrogen and oxygen atoms in total. The van der Waals surface area contributed by atoms with Gasteiger partial charge in [-0.25, -0.2) is 4.98 Å². The molecule has 1 saturated heterocycles. The van der Waals surface area contributed by atoms with Crippen LogP contribution in [0.2, 0.25) is 0 Å². The molecular weight excluding hydrogens is 422 g/mol. The Balaban J connectivity index is 1.65. The normalized spacial score (nSPS) is 17.5. The van der Waals surface area contributed by atoms with Gasteiger partial charge in [0.1, 0.15) is 17.6 Å². The van der Waals surface area contributed by atoms with Crippen LogP contribution in [0.25, 0.3) is 11.5 Å². The Labute approximate surface area is 193 Å². The predicted octanol–water partition coefficient (Wildman–Crippen LogP) is 2.24. The first-order valence-electron chi connectivity index (χ1n) is 11.2. The first-order chi connectivity index (χ1) is 15.7. The highest BCUT2D eigenvalue weighted by atomic mass is 16.5. The van der Waals surface area contributed by atoms with Crippen molar-refractivity contribution < 1.29 is 18.7 Å². The summed E-state index contributed by atoms with van der Waals surface area (Å²) >= 11 is 0. The van der Waals surface area contributed by atoms with Crippen molar-refractivity contribution >= 4 is 17.6 Å². The molecule has 0 aromatic carbocycles. The van der Waals surface area contributed by atoms with E-state index < -0.39 is 17.4 Å². The number of nitrogens with one attached hydrogen (secondary N) is 1. The lowest BCUT2D eigenvalue weighted by Crippen LogP contribution is -2.53. The average molecular weight is 452 g/mol. The second-order valence-electron chi connectivity index (χ2n) is 9.34. The number of fused-ring (bicyclic) bond motifs is 1. The molecule has 2 aromatic rings. The summed E-state index contributed by atoms with van der Waals surface area (Å²) in [6.45, 7) is 9.70. The van der Waals surface area contributed by atoms with Crippen molar-refractivity contribution in [3.8, 4) is 17.5 Å². The van der Waals surface area contributed by atoms with E-state index in [-0.39, 0.29) is 6.04 Å². The Morgan fingerprint density at radius 3 is 2.55 bits per heavy atom. The Kier molecular flexibility index (Phi) is 6.13. The van der Waals surface area contributed by atoms with Crippen molar-refractivity contribution in [3.05, 3.63) is 35.1 Å². The van der Waals surface area contributed by atoms with Crippen LogP contribution >= 0.6 is 0 Å². The van der Waals surface area contributed by atoms with Gasteiger partial charge in [-0.3, -0.25) is 9.59 Å². The lowest BCUT2D eigenvalue weighted by Gasteiger charge is -2.38. The molecule has 1 N–H and O–H groups in total. The third kappa shape index (κ3) is 4.57. The maximum absolute atomic E-state index is 12.5. The summed E-state index contributed by atoms with van der Waals surface area (Å²) in [7, 11) is 0. The standard InChI is InChI=1S/C24H29N5O4/c1-15(2)26-22(30)23(31)29-9-7-28(8-10-29)21-17(13-25)16-12-24(3,4)33-14-18(16)20(27-21)19-6-5-11-32-19/h5-6,11,15H,7-10,12,14H2,1-4H3,(H,26,30). The van der Waals surface area contributed by atoms with Crippen LogP contribution in [0.15, 0.2) is 22.8 Å². The monoisotopic (exact) mass is 451 g/mol. The summed E-state index contributed by atoms with van der Waals surface area (Å²) in [5.41, 5.74) is 2.62. The van der Waals surface area contributed by atoms with E-state index in [1.165, 1.54) is 0 Å². The Morgan fingerprint density at radius 2 is 1.94 bits per heavy atom. The van der Waals surface area contributed by atoms with Crippen LogP contribution in [-0.2, 0) is 27.4 Å². The number of nitrogens with zero attached hydrogens (tertiary/aromatic N) is 4. The zero-order chi connectivity index (χ0) is 23.8. The van der Waals surface area contributed by atoms with E-state index in [0.717, 1.165) is 11.1 Å². The van der Waals surface area contributed by atoms with Gasteiger partial charge in [0, 0.05) is 44.2 Å². The fourth-order valence-corrected chi connectivity index (χ4v) is 4.31. The molecule has 4 rings (SSSR count). The molecule has 0 spiro atoms. The summed E-state index contributed by atoms with van der Waals surface area (Å²) in [4.78, 5) is 33.0. The van der Waals surface area contributed by atoms with Crippen molar-refractivity contribution in [2.75, 3.05) is 31.1 Å². The van der Waals surface area contributed by atoms with Crippen LogP contribution in [-0.4, -0.2) is 59.5 Å². The van der Waals surface area contributed by atoms with Gasteiger partial charge < -0.3 is 24.3 Å². The SMILES string of the molecule is CC(C)NC(=O)C(=O)N1CCN(c2nc(-c3ccco3)c3c(c2C#N)CC(C)(C)OC3)CC1. The molecule has 0 unspecified atom stereocenters. The quantitative estimate of drug-likeness (QED) is 0.712. The fraction of sp³-hybridized carbons (Fsp3) is 0.500. The number of rotatable bonds is 3. The molecule has 174 valence electrons. The summed E-state index contributed by atoms with van der Waals surface area (Å²) in [6.07, 6.45) is 2.18. The van der Waals surface area contributed by atoms with Crippen molar-refractivity contribution in [2.45, 2.75) is 52.4 Å². The van der Waals surface area contributed by atoms with Crippen LogP contribution in [0.5, 0.6) is 0 Å². The van der Waals surface area contributed by atoms with E-state index in [9.17, 15) is 14.9 Å². The smallest absolute Gasteiger partial charge is 0.312 e. The number of hydrogen-bond acceptors (Lipinski definition) is 7. The lowest BCUT2D eigenvalue weighted by atomic mass is 9.87. The van der Waals surface area contributed by atoms with Gasteiger partial charge >= 0.3 is 11.8 Å². The van der Waals surface area contributed by atoms with Gasteiger partial charge in [0.15, 0.2) is 5.76 Å². The van der Waals surface area contributed by atoms with Gasteiger partial charge in [-0.15, -0.1) is 0 Å². The van der Waals surface area contributed by atoms with Crippen LogP contribution in [0.3, 0.4) is 0 Å². The molecule has 0 atom stereocenters. The van der Waals surface area contributed by atoms with Crippen LogP contribution in [0, 0.1) is 11.3 Å². The molecule has 33 heavy (non-hydrogen) atoms. The molecule has 2 aliphatic heterocycles. The molecule has 0 radical (unpaired) electrons. The maximum Gasteiger partial charge on any atom is 0.312 e. The highest BCUT2D eigenvalue weighted by Crippen LogP contribution is 2.39. The number of piperazine rings is 1. The first kappa shape index (κ1) is 22.8. The molecule has 0 aliphatic carbocycles. The molecule has 2 aliphatic rings. The van der Waals surface area contributed by atoms with Gasteiger partial charge in [0.25, 0.3) is 0 Å². The van der Waals surface area contributed by atoms with Gasteiger partial charge in [0.05, 0.1) is 24.0 Å². The van der Waals surface area contributed by atoms with Crippen LogP contribution < -0.4 is 10.2 Å². The first-order valence-corrected chi connectivity index (χ1v) is 11.2. The summed E-state index contributed by atoms with van der Waals surface area (Å²) in [6, 6.07) is 5.92. The topological polar surface area (TPSA) is 112 Å². The van der Waals surface area contributed by atoms with Crippen molar-refractivity contribution in [1.29, 1.82) is 5.26 Å². The molecule has 9 heteroatoms. The molecule has 0 bridgehead atoms. The minimum absolute atomic E-state index is 0.103. The minimum atomic E-state index is -0.592. The van der Waals surface area contributed by atoms with E-state index in [0.29, 0.717) is 62.0 Å². The third-order valence-electron chi connectivity index (χ3n) is 5.95. The van der Waals surface area contributed by atoms with Gasteiger partial charge in [0.2, 0.25) is 0 Å². The van der Waals surface area contributed by atoms with Crippen molar-refractivity contribution in [2.24, 2.45) is 0 Å². The summed E-state index contributed by atoms with van der Waals surface area (Å²) in [5, 5.41) is 12.7. The lowest BCUT2D eigenvalue weighted by molar-refractivity contribution is -0.146. The molecule has 2 aromatic heterocycles. The Bertz CT molecular complexity index is 1090. The summed E-state index contributed by atoms with van der Waals surface area (Å²) < 4.78 is 11.7. The van der Waals surface area contributed by atoms with E-state index >= 15 is 0 Å². The Morgan fingerprint density at radius 1 is 1.21 bits per heavy atom. The second-order valence-corrected chi connectivity index (χ2v) is 9.34. The van der Waals surface area contributed by atoms with E-state index in [2.05, 4.69) is 11.4 Å². The minimum Gasteiger partial charge on any atom is -0.463 e. The largest absolute Gasteiger partial charge is 0.463 e. The molecular formula is C24H29N5O4. The number of anilines is 1. The van der Waals surface area contributed by atoms with Gasteiger partial charge in [-0.05, 0) is 45.4 Å². The number of amides is 2. The fourth-order valence-electron chi connectivity index (χ4n) is 4.31. The molecule has 4 heterocycles. The number of furan rings is 1. The van der Waals surface area contributed by atoms with E-state index in [4.69, 9.17) is 14.1 Å². The number of ether oxygens (including phenoxy) is 1. The zero-order valence-electron chi connectivity index (χ0n) is 19.5. The number of nitriles is 1. The Hall–Kier alpha value is -3.38.